The maximum absolute atomic E-state index is 12.3. The Hall–Kier alpha value is -1.88. The van der Waals surface area contributed by atoms with E-state index in [2.05, 4.69) is 5.10 Å². The molecule has 0 saturated heterocycles. The lowest BCUT2D eigenvalue weighted by Gasteiger charge is -2.12. The van der Waals surface area contributed by atoms with Gasteiger partial charge in [0.1, 0.15) is 5.69 Å². The van der Waals surface area contributed by atoms with Crippen LogP contribution in [0.1, 0.15) is 30.8 Å². The Kier molecular flexibility index (Phi) is 3.34. The van der Waals surface area contributed by atoms with Crippen molar-refractivity contribution in [3.8, 4) is 0 Å². The maximum atomic E-state index is 12.3. The summed E-state index contributed by atoms with van der Waals surface area (Å²) in [5.41, 5.74) is 7.64. The van der Waals surface area contributed by atoms with Crippen molar-refractivity contribution in [1.29, 1.82) is 0 Å². The summed E-state index contributed by atoms with van der Waals surface area (Å²) < 4.78 is 1.55. The van der Waals surface area contributed by atoms with Gasteiger partial charge in [-0.15, -0.1) is 0 Å². The Balaban J connectivity index is 2.37. The highest BCUT2D eigenvalue weighted by molar-refractivity contribution is 5.97. The predicted octanol–water partition coefficient (Wildman–Crippen LogP) is 1.51. The zero-order valence-corrected chi connectivity index (χ0v) is 10.5. The van der Waals surface area contributed by atoms with Crippen molar-refractivity contribution in [2.75, 3.05) is 5.73 Å². The van der Waals surface area contributed by atoms with Crippen LogP contribution in [0, 0.1) is 5.92 Å². The van der Waals surface area contributed by atoms with E-state index < -0.39 is 6.10 Å². The second-order valence-electron chi connectivity index (χ2n) is 4.65. The second kappa shape index (κ2) is 4.78. The normalized spacial score (nSPS) is 14.6. The van der Waals surface area contributed by atoms with Gasteiger partial charge in [0.2, 0.25) is 0 Å². The summed E-state index contributed by atoms with van der Waals surface area (Å²) in [7, 11) is 0. The average molecular weight is 247 g/mol. The molecule has 0 saturated carbocycles. The minimum absolute atomic E-state index is 0.0333. The van der Waals surface area contributed by atoms with E-state index in [1.54, 1.807) is 42.8 Å². The average Bonchev–Trinajstić information content (AvgIpc) is 2.72. The molecule has 0 bridgehead atoms. The van der Waals surface area contributed by atoms with Gasteiger partial charge in [-0.3, -0.25) is 4.79 Å². The van der Waals surface area contributed by atoms with Gasteiger partial charge in [-0.25, -0.2) is 4.52 Å². The van der Waals surface area contributed by atoms with Crippen LogP contribution >= 0.6 is 0 Å². The first-order valence-electron chi connectivity index (χ1n) is 5.95. The summed E-state index contributed by atoms with van der Waals surface area (Å²) in [4.78, 5) is 12.3. The minimum atomic E-state index is -0.492. The van der Waals surface area contributed by atoms with Crippen LogP contribution in [0.25, 0.3) is 5.52 Å². The van der Waals surface area contributed by atoms with Crippen LogP contribution < -0.4 is 5.73 Å². The molecular weight excluding hydrogens is 230 g/mol. The summed E-state index contributed by atoms with van der Waals surface area (Å²) in [6.45, 7) is 3.48. The fourth-order valence-electron chi connectivity index (χ4n) is 2.10. The fraction of sp³-hybridized carbons (Fsp3) is 0.385. The van der Waals surface area contributed by atoms with Crippen molar-refractivity contribution in [2.45, 2.75) is 26.4 Å². The molecule has 2 heterocycles. The van der Waals surface area contributed by atoms with Crippen LogP contribution in [-0.4, -0.2) is 26.6 Å². The quantitative estimate of drug-likeness (QED) is 0.802. The van der Waals surface area contributed by atoms with Gasteiger partial charge in [0.25, 0.3) is 0 Å². The van der Waals surface area contributed by atoms with E-state index in [0.29, 0.717) is 17.8 Å². The number of carbonyl (C=O) groups is 1. The molecule has 0 amide bonds. The molecule has 5 nitrogen and oxygen atoms in total. The van der Waals surface area contributed by atoms with Gasteiger partial charge in [0.15, 0.2) is 5.78 Å². The number of aliphatic hydroxyl groups is 1. The molecule has 0 aliphatic heterocycles. The van der Waals surface area contributed by atoms with Crippen molar-refractivity contribution in [2.24, 2.45) is 5.92 Å². The highest BCUT2D eigenvalue weighted by Crippen LogP contribution is 2.19. The van der Waals surface area contributed by atoms with Crippen LogP contribution in [0.5, 0.6) is 0 Å². The van der Waals surface area contributed by atoms with E-state index in [9.17, 15) is 9.90 Å². The number of fused-ring (bicyclic) bond motifs is 1. The number of aliphatic hydroxyl groups excluding tert-OH is 1. The third-order valence-corrected chi connectivity index (χ3v) is 2.98. The standard InChI is InChI=1S/C13H17N3O2/c1-8(7-9(2)17)13(18)12-4-3-11-10(14)5-6-15-16(11)12/h3-6,8-9,17H,7,14H2,1-2H3/t8-,9-/m1/s1. The molecule has 2 aromatic heterocycles. The number of anilines is 1. The summed E-state index contributed by atoms with van der Waals surface area (Å²) in [5.74, 6) is -0.277. The Morgan fingerprint density at radius 3 is 2.83 bits per heavy atom. The molecule has 0 radical (unpaired) electrons. The van der Waals surface area contributed by atoms with Gasteiger partial charge in [-0.2, -0.15) is 5.10 Å². The first-order valence-corrected chi connectivity index (χ1v) is 5.95. The zero-order chi connectivity index (χ0) is 13.3. The zero-order valence-electron chi connectivity index (χ0n) is 10.5. The third-order valence-electron chi connectivity index (χ3n) is 2.98. The van der Waals surface area contributed by atoms with Crippen molar-refractivity contribution < 1.29 is 9.90 Å². The number of carbonyl (C=O) groups excluding carboxylic acids is 1. The number of Topliss-reactive ketones (excluding diaryl/α,β-unsaturated/α-hetero) is 1. The third kappa shape index (κ3) is 2.22. The second-order valence-corrected chi connectivity index (χ2v) is 4.65. The van der Waals surface area contributed by atoms with Gasteiger partial charge in [-0.05, 0) is 31.5 Å². The van der Waals surface area contributed by atoms with E-state index >= 15 is 0 Å². The Morgan fingerprint density at radius 1 is 1.44 bits per heavy atom. The van der Waals surface area contributed by atoms with Crippen molar-refractivity contribution in [1.82, 2.24) is 9.61 Å². The predicted molar refractivity (Wildman–Crippen MR) is 69.4 cm³/mol. The molecule has 0 unspecified atom stereocenters. The largest absolute Gasteiger partial charge is 0.397 e. The highest BCUT2D eigenvalue weighted by Gasteiger charge is 2.20. The van der Waals surface area contributed by atoms with Crippen LogP contribution in [-0.2, 0) is 0 Å². The number of ketones is 1. The molecule has 0 aromatic carbocycles. The Labute approximate surface area is 105 Å². The van der Waals surface area contributed by atoms with Crippen LogP contribution in [0.4, 0.5) is 5.69 Å². The maximum Gasteiger partial charge on any atom is 0.184 e. The SMILES string of the molecule is C[C@H](C[C@@H](C)O)C(=O)c1ccc2c(N)ccnn12. The number of nitrogens with zero attached hydrogens (tertiary/aromatic N) is 2. The molecule has 5 heteroatoms. The first kappa shape index (κ1) is 12.6. The summed E-state index contributed by atoms with van der Waals surface area (Å²) in [6, 6.07) is 5.20. The summed E-state index contributed by atoms with van der Waals surface area (Å²) >= 11 is 0. The fourth-order valence-corrected chi connectivity index (χ4v) is 2.10. The molecule has 0 spiro atoms. The molecule has 96 valence electrons. The molecule has 0 aliphatic rings. The number of hydrogen-bond acceptors (Lipinski definition) is 4. The number of nitrogens with two attached hydrogens (primary N) is 1. The van der Waals surface area contributed by atoms with Crippen LogP contribution in [0.15, 0.2) is 24.4 Å². The van der Waals surface area contributed by atoms with Crippen molar-refractivity contribution in [3.63, 3.8) is 0 Å². The van der Waals surface area contributed by atoms with Gasteiger partial charge in [0, 0.05) is 12.1 Å². The van der Waals surface area contributed by atoms with Crippen LogP contribution in [0.2, 0.25) is 0 Å². The molecule has 2 rings (SSSR count). The molecule has 0 fully saturated rings. The van der Waals surface area contributed by atoms with E-state index in [1.807, 2.05) is 0 Å². The minimum Gasteiger partial charge on any atom is -0.397 e. The molecule has 2 aromatic rings. The summed E-state index contributed by atoms with van der Waals surface area (Å²) in [6.07, 6.45) is 1.51. The lowest BCUT2D eigenvalue weighted by molar-refractivity contribution is 0.0861. The number of nitrogen functional groups attached to an aromatic ring is 1. The van der Waals surface area contributed by atoms with Gasteiger partial charge in [0.05, 0.1) is 17.3 Å². The van der Waals surface area contributed by atoms with Crippen molar-refractivity contribution in [3.05, 3.63) is 30.1 Å². The topological polar surface area (TPSA) is 80.6 Å². The Morgan fingerprint density at radius 2 is 2.17 bits per heavy atom. The number of aromatic nitrogens is 2. The van der Waals surface area contributed by atoms with E-state index in [0.717, 1.165) is 5.52 Å². The van der Waals surface area contributed by atoms with Crippen LogP contribution in [0.3, 0.4) is 0 Å². The van der Waals surface area contributed by atoms with Gasteiger partial charge >= 0.3 is 0 Å². The Bertz CT molecular complexity index is 575. The smallest absolute Gasteiger partial charge is 0.184 e. The van der Waals surface area contributed by atoms with E-state index in [4.69, 9.17) is 5.73 Å². The van der Waals surface area contributed by atoms with E-state index in [1.165, 1.54) is 0 Å². The first-order chi connectivity index (χ1) is 8.50. The molecule has 3 N–H and O–H groups in total. The monoisotopic (exact) mass is 247 g/mol. The van der Waals surface area contributed by atoms with E-state index in [-0.39, 0.29) is 11.7 Å². The highest BCUT2D eigenvalue weighted by atomic mass is 16.3. The molecule has 0 aliphatic carbocycles. The lowest BCUT2D eigenvalue weighted by Crippen LogP contribution is -2.18. The molecule has 18 heavy (non-hydrogen) atoms. The molecular formula is C13H17N3O2. The van der Waals surface area contributed by atoms with Gasteiger partial charge in [-0.1, -0.05) is 6.92 Å². The summed E-state index contributed by atoms with van der Waals surface area (Å²) in [5, 5.41) is 13.5. The van der Waals surface area contributed by atoms with Gasteiger partial charge < -0.3 is 10.8 Å². The number of hydrogen-bond donors (Lipinski definition) is 2. The van der Waals surface area contributed by atoms with Crippen molar-refractivity contribution >= 4 is 17.0 Å². The molecule has 2 atom stereocenters. The number of rotatable bonds is 4. The lowest BCUT2D eigenvalue weighted by atomic mass is 9.98.